The van der Waals surface area contributed by atoms with Gasteiger partial charge >= 0.3 is 0 Å². The number of nitrogens with zero attached hydrogens (tertiary/aromatic N) is 3. The molecule has 3 nitrogen and oxygen atoms in total. The number of rotatable bonds is 2. The molecule has 0 bridgehead atoms. The molecule has 0 aromatic rings. The van der Waals surface area contributed by atoms with Crippen LogP contribution < -0.4 is 0 Å². The smallest absolute Gasteiger partial charge is 0.0106 e. The van der Waals surface area contributed by atoms with Gasteiger partial charge in [0, 0.05) is 25.2 Å². The lowest BCUT2D eigenvalue weighted by atomic mass is 9.57. The minimum Gasteiger partial charge on any atom is -0.306 e. The highest BCUT2D eigenvalue weighted by atomic mass is 15.2. The molecule has 28 heavy (non-hydrogen) atoms. The van der Waals surface area contributed by atoms with Crippen molar-refractivity contribution in [2.24, 2.45) is 28.6 Å². The Balaban J connectivity index is 0.953. The van der Waals surface area contributed by atoms with E-state index in [0.29, 0.717) is 0 Å². The number of fused-ring (bicyclic) bond motifs is 1. The van der Waals surface area contributed by atoms with Crippen LogP contribution in [-0.4, -0.2) is 73.1 Å². The molecular formula is C25H43N3. The first-order valence-corrected chi connectivity index (χ1v) is 12.7. The topological polar surface area (TPSA) is 9.72 Å². The van der Waals surface area contributed by atoms with Crippen molar-refractivity contribution in [2.45, 2.75) is 83.2 Å². The maximum Gasteiger partial charge on any atom is 0.0106 e. The van der Waals surface area contributed by atoms with Crippen molar-refractivity contribution in [3.8, 4) is 0 Å². The van der Waals surface area contributed by atoms with E-state index in [0.717, 1.165) is 40.7 Å². The zero-order valence-corrected chi connectivity index (χ0v) is 18.5. The first-order chi connectivity index (χ1) is 13.5. The lowest BCUT2D eigenvalue weighted by molar-refractivity contribution is -0.0853. The fourth-order valence-electron chi connectivity index (χ4n) is 8.61. The predicted molar refractivity (Wildman–Crippen MR) is 115 cm³/mol. The minimum atomic E-state index is 0.749. The van der Waals surface area contributed by atoms with Gasteiger partial charge in [0.25, 0.3) is 0 Å². The minimum absolute atomic E-state index is 0.749. The average Bonchev–Trinajstić information content (AvgIpc) is 3.16. The summed E-state index contributed by atoms with van der Waals surface area (Å²) in [5.74, 6) is 3.12. The van der Waals surface area contributed by atoms with Crippen LogP contribution in [0.1, 0.15) is 71.1 Å². The van der Waals surface area contributed by atoms with Crippen molar-refractivity contribution in [3.05, 3.63) is 0 Å². The summed E-state index contributed by atoms with van der Waals surface area (Å²) >= 11 is 0. The third-order valence-corrected chi connectivity index (χ3v) is 10.6. The van der Waals surface area contributed by atoms with Gasteiger partial charge in [-0.2, -0.15) is 0 Å². The van der Waals surface area contributed by atoms with Crippen LogP contribution in [0.2, 0.25) is 0 Å². The van der Waals surface area contributed by atoms with Crippen molar-refractivity contribution in [1.29, 1.82) is 0 Å². The molecule has 3 heterocycles. The van der Waals surface area contributed by atoms with E-state index in [1.54, 1.807) is 0 Å². The molecule has 3 saturated heterocycles. The van der Waals surface area contributed by atoms with Crippen molar-refractivity contribution in [2.75, 3.05) is 46.3 Å². The van der Waals surface area contributed by atoms with Crippen LogP contribution in [0.25, 0.3) is 0 Å². The van der Waals surface area contributed by atoms with Gasteiger partial charge in [0.15, 0.2) is 0 Å². The van der Waals surface area contributed by atoms with Gasteiger partial charge < -0.3 is 9.80 Å². The van der Waals surface area contributed by atoms with Crippen LogP contribution >= 0.6 is 0 Å². The summed E-state index contributed by atoms with van der Waals surface area (Å²) in [6.45, 7) is 10.9. The molecule has 0 radical (unpaired) electrons. The molecule has 3 heteroatoms. The number of likely N-dealkylation sites (tertiary alicyclic amines) is 3. The molecule has 3 aliphatic heterocycles. The fraction of sp³-hybridized carbons (Fsp3) is 1.00. The Morgan fingerprint density at radius 1 is 0.643 bits per heavy atom. The molecule has 6 rings (SSSR count). The van der Waals surface area contributed by atoms with Gasteiger partial charge in [-0.3, -0.25) is 4.90 Å². The Morgan fingerprint density at radius 2 is 1.11 bits per heavy atom. The predicted octanol–water partition coefficient (Wildman–Crippen LogP) is 4.08. The van der Waals surface area contributed by atoms with E-state index in [1.165, 1.54) is 103 Å². The molecule has 3 saturated carbocycles. The molecule has 2 spiro atoms. The summed E-state index contributed by atoms with van der Waals surface area (Å²) in [5.41, 5.74) is 1.50. The van der Waals surface area contributed by atoms with Crippen LogP contribution in [0.15, 0.2) is 0 Å². The van der Waals surface area contributed by atoms with Gasteiger partial charge in [0.1, 0.15) is 0 Å². The largest absolute Gasteiger partial charge is 0.306 e. The molecule has 6 fully saturated rings. The molecule has 0 amide bonds. The van der Waals surface area contributed by atoms with Crippen LogP contribution in [-0.2, 0) is 0 Å². The van der Waals surface area contributed by atoms with Gasteiger partial charge in [-0.15, -0.1) is 0 Å². The Kier molecular flexibility index (Phi) is 4.45. The zero-order valence-electron chi connectivity index (χ0n) is 18.5. The normalized spacial score (nSPS) is 43.9. The van der Waals surface area contributed by atoms with E-state index in [2.05, 4.69) is 28.7 Å². The van der Waals surface area contributed by atoms with E-state index in [1.807, 2.05) is 0 Å². The van der Waals surface area contributed by atoms with E-state index < -0.39 is 0 Å². The fourth-order valence-corrected chi connectivity index (χ4v) is 8.61. The Labute approximate surface area is 173 Å². The van der Waals surface area contributed by atoms with Crippen molar-refractivity contribution in [1.82, 2.24) is 14.7 Å². The Morgan fingerprint density at radius 3 is 1.64 bits per heavy atom. The average molecular weight is 386 g/mol. The molecule has 2 unspecified atom stereocenters. The van der Waals surface area contributed by atoms with Crippen molar-refractivity contribution in [3.63, 3.8) is 0 Å². The van der Waals surface area contributed by atoms with Crippen LogP contribution in [0, 0.1) is 28.6 Å². The van der Waals surface area contributed by atoms with E-state index in [4.69, 9.17) is 0 Å². The summed E-state index contributed by atoms with van der Waals surface area (Å²) in [6, 6.07) is 1.90. The highest BCUT2D eigenvalue weighted by molar-refractivity contribution is 5.07. The molecule has 2 atom stereocenters. The third kappa shape index (κ3) is 3.10. The summed E-state index contributed by atoms with van der Waals surface area (Å²) in [7, 11) is 2.30. The monoisotopic (exact) mass is 385 g/mol. The number of piperidine rings is 2. The van der Waals surface area contributed by atoms with Gasteiger partial charge in [-0.05, 0) is 126 Å². The maximum absolute atomic E-state index is 2.93. The van der Waals surface area contributed by atoms with Crippen LogP contribution in [0.4, 0.5) is 0 Å². The lowest BCUT2D eigenvalue weighted by Crippen LogP contribution is -2.59. The summed E-state index contributed by atoms with van der Waals surface area (Å²) in [6.07, 6.45) is 15.1. The first-order valence-electron chi connectivity index (χ1n) is 12.7. The number of hydrogen-bond acceptors (Lipinski definition) is 3. The third-order valence-electron chi connectivity index (χ3n) is 10.6. The van der Waals surface area contributed by atoms with Crippen LogP contribution in [0.5, 0.6) is 0 Å². The Bertz CT molecular complexity index is 557. The lowest BCUT2D eigenvalue weighted by Gasteiger charge is -2.59. The highest BCUT2D eigenvalue weighted by Crippen LogP contribution is 2.56. The standard InChI is InChI=1S/C25H43N3/c1-19-11-20-17-28(18-21(20)12-19)23-15-25(16-23)5-9-27(10-6-25)22-13-24(14-22)3-7-26(2)8-4-24/h19-23H,3-18H2,1-2H3. The quantitative estimate of drug-likeness (QED) is 0.709. The number of hydrogen-bond donors (Lipinski definition) is 0. The Hall–Kier alpha value is -0.120. The molecular weight excluding hydrogens is 342 g/mol. The second-order valence-electron chi connectivity index (χ2n) is 12.5. The highest BCUT2D eigenvalue weighted by Gasteiger charge is 2.53. The van der Waals surface area contributed by atoms with Gasteiger partial charge in [0.05, 0.1) is 0 Å². The summed E-state index contributed by atoms with van der Waals surface area (Å²) in [5, 5.41) is 0. The first kappa shape index (κ1) is 18.6. The van der Waals surface area contributed by atoms with E-state index in [9.17, 15) is 0 Å². The van der Waals surface area contributed by atoms with E-state index in [-0.39, 0.29) is 0 Å². The molecule has 6 aliphatic rings. The summed E-state index contributed by atoms with van der Waals surface area (Å²) in [4.78, 5) is 8.36. The summed E-state index contributed by atoms with van der Waals surface area (Å²) < 4.78 is 0. The molecule has 0 aromatic heterocycles. The SMILES string of the molecule is CC1CC2CN(C3CC4(CCN(C5CC6(CCN(C)CC6)C5)CC4)C3)CC2C1. The van der Waals surface area contributed by atoms with E-state index >= 15 is 0 Å². The van der Waals surface area contributed by atoms with Crippen molar-refractivity contribution >= 4 is 0 Å². The molecule has 3 aliphatic carbocycles. The van der Waals surface area contributed by atoms with Crippen molar-refractivity contribution < 1.29 is 0 Å². The zero-order chi connectivity index (χ0) is 18.9. The second-order valence-corrected chi connectivity index (χ2v) is 12.5. The van der Waals surface area contributed by atoms with Gasteiger partial charge in [-0.25, -0.2) is 0 Å². The molecule has 0 N–H and O–H groups in total. The van der Waals surface area contributed by atoms with Gasteiger partial charge in [-0.1, -0.05) is 6.92 Å². The molecule has 0 aromatic carbocycles. The van der Waals surface area contributed by atoms with Crippen LogP contribution in [0.3, 0.4) is 0 Å². The molecule has 158 valence electrons. The second kappa shape index (κ2) is 6.69. The van der Waals surface area contributed by atoms with Gasteiger partial charge in [0.2, 0.25) is 0 Å². The maximum atomic E-state index is 2.93.